The fourth-order valence-electron chi connectivity index (χ4n) is 3.32. The van der Waals surface area contributed by atoms with E-state index in [1.807, 2.05) is 13.8 Å². The Labute approximate surface area is 172 Å². The molecule has 2 aromatic rings. The van der Waals surface area contributed by atoms with Crippen molar-refractivity contribution in [1.29, 1.82) is 0 Å². The first-order chi connectivity index (χ1) is 13.4. The maximum atomic E-state index is 14.5. The van der Waals surface area contributed by atoms with Crippen molar-refractivity contribution in [3.8, 4) is 11.5 Å². The van der Waals surface area contributed by atoms with Gasteiger partial charge in [0.25, 0.3) is 0 Å². The van der Waals surface area contributed by atoms with Gasteiger partial charge in [-0.3, -0.25) is 4.79 Å². The molecule has 0 fully saturated rings. The van der Waals surface area contributed by atoms with Gasteiger partial charge in [-0.15, -0.1) is 0 Å². The summed E-state index contributed by atoms with van der Waals surface area (Å²) in [6.07, 6.45) is 0.636. The fraction of sp³-hybridized carbons (Fsp3) is 0.381. The molecule has 0 spiro atoms. The molecule has 0 saturated heterocycles. The number of halogens is 2. The van der Waals surface area contributed by atoms with Crippen molar-refractivity contribution >= 4 is 17.6 Å². The fourth-order valence-corrected chi connectivity index (χ4v) is 3.56. The number of carboxylic acids is 1. The van der Waals surface area contributed by atoms with E-state index in [0.717, 1.165) is 6.07 Å². The van der Waals surface area contributed by atoms with Crippen LogP contribution in [0.15, 0.2) is 30.3 Å². The molecule has 0 amide bonds. The summed E-state index contributed by atoms with van der Waals surface area (Å²) in [6, 6.07) is 6.76. The standard InChI is InChI=1S/C21H22ClFO6/c1-11(19(24)25)6-12-4-5-17(16(23)7-12)28-21(26,27)15-9-14(22)8-13-10-20(2,3)29-18(13)15/h4-5,7-9,11,26-27H,6,10H2,1-3H3,(H,24,25). The van der Waals surface area contributed by atoms with Crippen molar-refractivity contribution in [2.24, 2.45) is 5.92 Å². The van der Waals surface area contributed by atoms with Crippen LogP contribution >= 0.6 is 11.6 Å². The molecule has 6 nitrogen and oxygen atoms in total. The second-order valence-electron chi connectivity index (χ2n) is 7.90. The van der Waals surface area contributed by atoms with E-state index in [9.17, 15) is 19.4 Å². The van der Waals surface area contributed by atoms with Gasteiger partial charge in [0.05, 0.1) is 11.5 Å². The highest BCUT2D eigenvalue weighted by atomic mass is 35.5. The Bertz CT molecular complexity index is 956. The molecular formula is C21H22ClFO6. The molecule has 156 valence electrons. The quantitative estimate of drug-likeness (QED) is 0.613. The summed E-state index contributed by atoms with van der Waals surface area (Å²) in [4.78, 5) is 11.0. The third kappa shape index (κ3) is 4.63. The summed E-state index contributed by atoms with van der Waals surface area (Å²) >= 11 is 6.10. The van der Waals surface area contributed by atoms with Gasteiger partial charge in [0.2, 0.25) is 0 Å². The third-order valence-electron chi connectivity index (χ3n) is 4.69. The van der Waals surface area contributed by atoms with Crippen molar-refractivity contribution in [3.63, 3.8) is 0 Å². The Morgan fingerprint density at radius 3 is 2.66 bits per heavy atom. The minimum absolute atomic E-state index is 0.126. The van der Waals surface area contributed by atoms with Gasteiger partial charge in [0.1, 0.15) is 11.4 Å². The molecule has 1 atom stereocenters. The molecule has 0 radical (unpaired) electrons. The number of carboxylic acid groups (broad SMARTS) is 1. The Morgan fingerprint density at radius 1 is 1.34 bits per heavy atom. The predicted octanol–water partition coefficient (Wildman–Crippen LogP) is 3.63. The van der Waals surface area contributed by atoms with Crippen LogP contribution < -0.4 is 9.47 Å². The van der Waals surface area contributed by atoms with E-state index in [1.54, 1.807) is 6.07 Å². The average molecular weight is 425 g/mol. The molecule has 29 heavy (non-hydrogen) atoms. The Kier molecular flexibility index (Phi) is 5.51. The van der Waals surface area contributed by atoms with Crippen molar-refractivity contribution < 1.29 is 34.0 Å². The SMILES string of the molecule is CC(Cc1ccc(OC(O)(O)c2cc(Cl)cc3c2OC(C)(C)C3)c(F)c1)C(=O)O. The number of aliphatic carboxylic acids is 1. The van der Waals surface area contributed by atoms with Crippen LogP contribution in [0.2, 0.25) is 5.02 Å². The van der Waals surface area contributed by atoms with Gasteiger partial charge in [0.15, 0.2) is 11.6 Å². The molecule has 0 bridgehead atoms. The highest BCUT2D eigenvalue weighted by molar-refractivity contribution is 6.30. The Hall–Kier alpha value is -2.35. The van der Waals surface area contributed by atoms with Gasteiger partial charge in [-0.05, 0) is 50.1 Å². The van der Waals surface area contributed by atoms with Crippen LogP contribution in [0, 0.1) is 11.7 Å². The summed E-state index contributed by atoms with van der Waals surface area (Å²) in [5.41, 5.74) is 0.437. The zero-order valence-electron chi connectivity index (χ0n) is 16.2. The second-order valence-corrected chi connectivity index (χ2v) is 8.34. The number of aliphatic hydroxyl groups is 2. The molecule has 1 aliphatic rings. The third-order valence-corrected chi connectivity index (χ3v) is 4.91. The van der Waals surface area contributed by atoms with E-state index in [4.69, 9.17) is 26.2 Å². The smallest absolute Gasteiger partial charge is 0.355 e. The summed E-state index contributed by atoms with van der Waals surface area (Å²) in [5.74, 6) is -5.61. The number of carbonyl (C=O) groups is 1. The van der Waals surface area contributed by atoms with Crippen LogP contribution in [0.25, 0.3) is 0 Å². The molecule has 3 rings (SSSR count). The van der Waals surface area contributed by atoms with Crippen molar-refractivity contribution in [1.82, 2.24) is 0 Å². The lowest BCUT2D eigenvalue weighted by Crippen LogP contribution is -2.34. The summed E-state index contributed by atoms with van der Waals surface area (Å²) in [7, 11) is 0. The molecule has 0 aromatic heterocycles. The first-order valence-corrected chi connectivity index (χ1v) is 9.43. The van der Waals surface area contributed by atoms with Gasteiger partial charge in [-0.1, -0.05) is 24.6 Å². The first kappa shape index (κ1) is 21.4. The number of fused-ring (bicyclic) bond motifs is 1. The molecule has 0 aliphatic carbocycles. The number of rotatable bonds is 6. The number of benzene rings is 2. The van der Waals surface area contributed by atoms with E-state index in [2.05, 4.69) is 0 Å². The lowest BCUT2D eigenvalue weighted by Gasteiger charge is -2.26. The van der Waals surface area contributed by atoms with Crippen LogP contribution in [-0.4, -0.2) is 26.9 Å². The lowest BCUT2D eigenvalue weighted by atomic mass is 10.00. The van der Waals surface area contributed by atoms with E-state index in [-0.39, 0.29) is 22.8 Å². The minimum Gasteiger partial charge on any atom is -0.487 e. The van der Waals surface area contributed by atoms with E-state index in [1.165, 1.54) is 25.1 Å². The van der Waals surface area contributed by atoms with Crippen LogP contribution in [0.4, 0.5) is 4.39 Å². The van der Waals surface area contributed by atoms with Crippen molar-refractivity contribution in [3.05, 3.63) is 57.9 Å². The summed E-state index contributed by atoms with van der Waals surface area (Å²) in [5, 5.41) is 30.4. The maximum absolute atomic E-state index is 14.5. The summed E-state index contributed by atoms with van der Waals surface area (Å²) in [6.45, 7) is 5.20. The molecular weight excluding hydrogens is 403 g/mol. The van der Waals surface area contributed by atoms with Gasteiger partial charge in [0, 0.05) is 17.0 Å². The normalized spacial score (nSPS) is 16.1. The zero-order chi connectivity index (χ0) is 21.6. The predicted molar refractivity (Wildman–Crippen MR) is 104 cm³/mol. The molecule has 1 aliphatic heterocycles. The number of hydrogen-bond donors (Lipinski definition) is 3. The minimum atomic E-state index is -2.90. The van der Waals surface area contributed by atoms with Crippen molar-refractivity contribution in [2.75, 3.05) is 0 Å². The highest BCUT2D eigenvalue weighted by Gasteiger charge is 2.40. The van der Waals surface area contributed by atoms with E-state index >= 15 is 0 Å². The number of ether oxygens (including phenoxy) is 2. The Balaban J connectivity index is 1.88. The molecule has 2 aromatic carbocycles. The van der Waals surface area contributed by atoms with Crippen molar-refractivity contribution in [2.45, 2.75) is 45.2 Å². The van der Waals surface area contributed by atoms with Gasteiger partial charge < -0.3 is 24.8 Å². The van der Waals surface area contributed by atoms with Gasteiger partial charge >= 0.3 is 11.9 Å². The molecule has 1 heterocycles. The Morgan fingerprint density at radius 2 is 2.03 bits per heavy atom. The van der Waals surface area contributed by atoms with Crippen LogP contribution in [0.1, 0.15) is 37.5 Å². The van der Waals surface area contributed by atoms with Crippen LogP contribution in [-0.2, 0) is 23.6 Å². The first-order valence-electron chi connectivity index (χ1n) is 9.05. The summed E-state index contributed by atoms with van der Waals surface area (Å²) < 4.78 is 25.4. The van der Waals surface area contributed by atoms with E-state index < -0.39 is 35.0 Å². The molecule has 3 N–H and O–H groups in total. The highest BCUT2D eigenvalue weighted by Crippen LogP contribution is 2.43. The second kappa shape index (κ2) is 7.48. The monoisotopic (exact) mass is 424 g/mol. The largest absolute Gasteiger partial charge is 0.487 e. The van der Waals surface area contributed by atoms with E-state index in [0.29, 0.717) is 17.5 Å². The molecule has 8 heteroatoms. The average Bonchev–Trinajstić information content (AvgIpc) is 2.89. The lowest BCUT2D eigenvalue weighted by molar-refractivity contribution is -0.305. The topological polar surface area (TPSA) is 96.2 Å². The van der Waals surface area contributed by atoms with Gasteiger partial charge in [-0.25, -0.2) is 4.39 Å². The van der Waals surface area contributed by atoms with Gasteiger partial charge in [-0.2, -0.15) is 0 Å². The number of hydrogen-bond acceptors (Lipinski definition) is 5. The van der Waals surface area contributed by atoms with Crippen LogP contribution in [0.5, 0.6) is 11.5 Å². The van der Waals surface area contributed by atoms with Crippen LogP contribution in [0.3, 0.4) is 0 Å². The molecule has 0 saturated carbocycles. The zero-order valence-corrected chi connectivity index (χ0v) is 17.0. The molecule has 1 unspecified atom stereocenters. The maximum Gasteiger partial charge on any atom is 0.355 e.